The largest absolute Gasteiger partial charge is 0.469 e. The highest BCUT2D eigenvalue weighted by Crippen LogP contribution is 2.35. The summed E-state index contributed by atoms with van der Waals surface area (Å²) in [4.78, 5) is 0. The van der Waals surface area contributed by atoms with E-state index >= 15 is 0 Å². The summed E-state index contributed by atoms with van der Waals surface area (Å²) in [5.74, 6) is 0.837. The Balaban J connectivity index is 1.38. The van der Waals surface area contributed by atoms with Crippen LogP contribution in [0.4, 0.5) is 0 Å². The first-order valence-electron chi connectivity index (χ1n) is 7.82. The molecule has 4 nitrogen and oxygen atoms in total. The molecule has 112 valence electrons. The lowest BCUT2D eigenvalue weighted by atomic mass is 9.89. The Morgan fingerprint density at radius 1 is 1.30 bits per heavy atom. The zero-order valence-corrected chi connectivity index (χ0v) is 12.3. The van der Waals surface area contributed by atoms with Gasteiger partial charge in [0.25, 0.3) is 0 Å². The van der Waals surface area contributed by atoms with Gasteiger partial charge < -0.3 is 19.2 Å². The van der Waals surface area contributed by atoms with Crippen molar-refractivity contribution in [3.05, 3.63) is 24.2 Å². The highest BCUT2D eigenvalue weighted by molar-refractivity contribution is 4.98. The minimum Gasteiger partial charge on any atom is -0.469 e. The van der Waals surface area contributed by atoms with Gasteiger partial charge in [-0.1, -0.05) is 0 Å². The number of ether oxygens (including phenoxy) is 2. The normalized spacial score (nSPS) is 24.2. The van der Waals surface area contributed by atoms with Crippen LogP contribution < -0.4 is 5.32 Å². The fourth-order valence-electron chi connectivity index (χ4n) is 3.31. The van der Waals surface area contributed by atoms with Crippen LogP contribution in [-0.4, -0.2) is 31.1 Å². The van der Waals surface area contributed by atoms with Crippen molar-refractivity contribution in [1.29, 1.82) is 0 Å². The van der Waals surface area contributed by atoms with Crippen LogP contribution in [0.15, 0.2) is 22.8 Å². The molecule has 2 aliphatic rings. The van der Waals surface area contributed by atoms with Crippen molar-refractivity contribution >= 4 is 0 Å². The molecule has 0 aromatic carbocycles. The zero-order chi connectivity index (χ0) is 13.8. The summed E-state index contributed by atoms with van der Waals surface area (Å²) in [7, 11) is 0. The molecule has 0 radical (unpaired) electrons. The van der Waals surface area contributed by atoms with Gasteiger partial charge in [-0.25, -0.2) is 0 Å². The third-order valence-electron chi connectivity index (χ3n) is 4.49. The quantitative estimate of drug-likeness (QED) is 0.900. The van der Waals surface area contributed by atoms with Crippen LogP contribution in [0.25, 0.3) is 0 Å². The molecule has 1 saturated heterocycles. The SMILES string of the molecule is CC(CCc1ccco1)NC1CCC2(CC1)OCCO2. The number of hydrogen-bond acceptors (Lipinski definition) is 4. The van der Waals surface area contributed by atoms with Gasteiger partial charge in [0.15, 0.2) is 5.79 Å². The van der Waals surface area contributed by atoms with Crippen molar-refractivity contribution < 1.29 is 13.9 Å². The molecule has 2 fully saturated rings. The Morgan fingerprint density at radius 2 is 2.05 bits per heavy atom. The van der Waals surface area contributed by atoms with E-state index in [-0.39, 0.29) is 5.79 Å². The number of rotatable bonds is 5. The van der Waals surface area contributed by atoms with Gasteiger partial charge in [-0.15, -0.1) is 0 Å². The Bertz CT molecular complexity index is 388. The predicted molar refractivity (Wildman–Crippen MR) is 76.5 cm³/mol. The molecule has 1 aliphatic carbocycles. The van der Waals surface area contributed by atoms with Crippen LogP contribution in [0.3, 0.4) is 0 Å². The minimum absolute atomic E-state index is 0.240. The van der Waals surface area contributed by atoms with Crippen molar-refractivity contribution in [2.45, 2.75) is 63.3 Å². The van der Waals surface area contributed by atoms with Crippen molar-refractivity contribution in [3.63, 3.8) is 0 Å². The molecule has 1 aromatic heterocycles. The molecule has 1 atom stereocenters. The molecule has 20 heavy (non-hydrogen) atoms. The summed E-state index contributed by atoms with van der Waals surface area (Å²) in [5, 5.41) is 3.73. The molecule has 0 bridgehead atoms. The summed E-state index contributed by atoms with van der Waals surface area (Å²) in [6.07, 6.45) is 8.20. The lowest BCUT2D eigenvalue weighted by molar-refractivity contribution is -0.179. The Hall–Kier alpha value is -0.840. The van der Waals surface area contributed by atoms with E-state index in [9.17, 15) is 0 Å². The zero-order valence-electron chi connectivity index (χ0n) is 12.3. The first kappa shape index (κ1) is 14.1. The average molecular weight is 279 g/mol. The third kappa shape index (κ3) is 3.43. The van der Waals surface area contributed by atoms with Gasteiger partial charge in [-0.05, 0) is 38.3 Å². The fraction of sp³-hybridized carbons (Fsp3) is 0.750. The molecular weight excluding hydrogens is 254 g/mol. The molecule has 2 heterocycles. The van der Waals surface area contributed by atoms with E-state index in [4.69, 9.17) is 13.9 Å². The van der Waals surface area contributed by atoms with Crippen LogP contribution in [0.1, 0.15) is 44.8 Å². The highest BCUT2D eigenvalue weighted by atomic mass is 16.7. The second-order valence-electron chi connectivity index (χ2n) is 6.07. The summed E-state index contributed by atoms with van der Waals surface area (Å²) in [6, 6.07) is 5.12. The molecule has 1 aliphatic heterocycles. The summed E-state index contributed by atoms with van der Waals surface area (Å²) >= 11 is 0. The van der Waals surface area contributed by atoms with Gasteiger partial charge in [0, 0.05) is 31.3 Å². The smallest absolute Gasteiger partial charge is 0.168 e. The number of aryl methyl sites for hydroxylation is 1. The molecule has 1 spiro atoms. The van der Waals surface area contributed by atoms with Gasteiger partial charge in [0.05, 0.1) is 19.5 Å². The third-order valence-corrected chi connectivity index (χ3v) is 4.49. The van der Waals surface area contributed by atoms with Gasteiger partial charge >= 0.3 is 0 Å². The molecule has 1 aromatic rings. The second kappa shape index (κ2) is 6.29. The summed E-state index contributed by atoms with van der Waals surface area (Å²) < 4.78 is 16.9. The van der Waals surface area contributed by atoms with E-state index in [1.807, 2.05) is 12.1 Å². The topological polar surface area (TPSA) is 43.6 Å². The van der Waals surface area contributed by atoms with Crippen LogP contribution in [0.5, 0.6) is 0 Å². The van der Waals surface area contributed by atoms with Crippen molar-refractivity contribution in [2.75, 3.05) is 13.2 Å². The molecule has 4 heteroatoms. The maximum Gasteiger partial charge on any atom is 0.168 e. The predicted octanol–water partition coefficient (Wildman–Crippen LogP) is 2.88. The van der Waals surface area contributed by atoms with E-state index in [2.05, 4.69) is 12.2 Å². The molecule has 1 saturated carbocycles. The summed E-state index contributed by atoms with van der Waals surface area (Å²) in [6.45, 7) is 3.78. The van der Waals surface area contributed by atoms with Gasteiger partial charge in [0.1, 0.15) is 5.76 Å². The van der Waals surface area contributed by atoms with E-state index in [0.717, 1.165) is 57.5 Å². The maximum absolute atomic E-state index is 5.77. The molecule has 3 rings (SSSR count). The molecule has 1 unspecified atom stereocenters. The number of furan rings is 1. The van der Waals surface area contributed by atoms with Gasteiger partial charge in [-0.2, -0.15) is 0 Å². The second-order valence-corrected chi connectivity index (χ2v) is 6.07. The van der Waals surface area contributed by atoms with E-state index in [0.29, 0.717) is 12.1 Å². The number of nitrogens with one attached hydrogen (secondary N) is 1. The summed E-state index contributed by atoms with van der Waals surface area (Å²) in [5.41, 5.74) is 0. The Labute approximate surface area is 120 Å². The standard InChI is InChI=1S/C16H25NO3/c1-13(4-5-15-3-2-10-18-15)17-14-6-8-16(9-7-14)19-11-12-20-16/h2-3,10,13-14,17H,4-9,11-12H2,1H3. The molecule has 1 N–H and O–H groups in total. The van der Waals surface area contributed by atoms with E-state index in [1.54, 1.807) is 6.26 Å². The van der Waals surface area contributed by atoms with Crippen molar-refractivity contribution in [3.8, 4) is 0 Å². The van der Waals surface area contributed by atoms with Gasteiger partial charge in [0.2, 0.25) is 0 Å². The van der Waals surface area contributed by atoms with Gasteiger partial charge in [-0.3, -0.25) is 0 Å². The molecular formula is C16H25NO3. The van der Waals surface area contributed by atoms with Crippen LogP contribution in [0.2, 0.25) is 0 Å². The van der Waals surface area contributed by atoms with Crippen LogP contribution in [0, 0.1) is 0 Å². The Kier molecular flexibility index (Phi) is 4.44. The first-order chi connectivity index (χ1) is 9.76. The lowest BCUT2D eigenvalue weighted by Crippen LogP contribution is -2.44. The highest BCUT2D eigenvalue weighted by Gasteiger charge is 2.40. The fourth-order valence-corrected chi connectivity index (χ4v) is 3.31. The van der Waals surface area contributed by atoms with E-state index in [1.165, 1.54) is 0 Å². The van der Waals surface area contributed by atoms with E-state index < -0.39 is 0 Å². The van der Waals surface area contributed by atoms with Crippen molar-refractivity contribution in [1.82, 2.24) is 5.32 Å². The van der Waals surface area contributed by atoms with Crippen LogP contribution >= 0.6 is 0 Å². The van der Waals surface area contributed by atoms with Crippen molar-refractivity contribution in [2.24, 2.45) is 0 Å². The average Bonchev–Trinajstić information content (AvgIpc) is 3.12. The number of hydrogen-bond donors (Lipinski definition) is 1. The minimum atomic E-state index is -0.240. The maximum atomic E-state index is 5.77. The van der Waals surface area contributed by atoms with Crippen LogP contribution in [-0.2, 0) is 15.9 Å². The first-order valence-corrected chi connectivity index (χ1v) is 7.82. The Morgan fingerprint density at radius 3 is 2.70 bits per heavy atom. The monoisotopic (exact) mass is 279 g/mol. The molecule has 0 amide bonds. The lowest BCUT2D eigenvalue weighted by Gasteiger charge is -2.36.